The van der Waals surface area contributed by atoms with Crippen LogP contribution < -0.4 is 9.54 Å². The van der Waals surface area contributed by atoms with Gasteiger partial charge in [0.15, 0.2) is 11.4 Å². The minimum atomic E-state index is -0.285. The Labute approximate surface area is 155 Å². The van der Waals surface area contributed by atoms with Crippen LogP contribution in [-0.4, -0.2) is 17.1 Å². The zero-order valence-electron chi connectivity index (χ0n) is 14.4. The maximum Gasteiger partial charge on any atom is 0.286 e. The van der Waals surface area contributed by atoms with Gasteiger partial charge in [0.05, 0.1) is 10.2 Å². The van der Waals surface area contributed by atoms with E-state index in [0.29, 0.717) is 10.6 Å². The van der Waals surface area contributed by atoms with Crippen LogP contribution in [-0.2, 0) is 11.3 Å². The van der Waals surface area contributed by atoms with Gasteiger partial charge in [-0.3, -0.25) is 4.79 Å². The first-order valence-corrected chi connectivity index (χ1v) is 9.34. The van der Waals surface area contributed by atoms with Crippen LogP contribution >= 0.6 is 11.3 Å². The van der Waals surface area contributed by atoms with Crippen LogP contribution in [0, 0.1) is 0 Å². The molecule has 0 fully saturated rings. The lowest BCUT2D eigenvalue weighted by molar-refractivity contribution is -0.120. The van der Waals surface area contributed by atoms with Gasteiger partial charge in [0, 0.05) is 11.9 Å². The smallest absolute Gasteiger partial charge is 0.286 e. The number of rotatable bonds is 4. The summed E-state index contributed by atoms with van der Waals surface area (Å²) in [4.78, 5) is 17.3. The number of carbonyl (C=O) groups is 1. The first-order chi connectivity index (χ1) is 12.8. The number of nitrogens with zero attached hydrogens (tertiary/aromatic N) is 2. The van der Waals surface area contributed by atoms with Crippen molar-refractivity contribution in [3.05, 3.63) is 71.5 Å². The molecule has 0 unspecified atom stereocenters. The third-order valence-corrected chi connectivity index (χ3v) is 5.34. The number of hydrogen-bond acceptors (Lipinski definition) is 3. The lowest BCUT2D eigenvalue weighted by Crippen LogP contribution is -2.18. The second-order valence-corrected chi connectivity index (χ2v) is 6.85. The fourth-order valence-corrected chi connectivity index (χ4v) is 4.24. The normalized spacial score (nSPS) is 12.0. The standard InChI is InChI=1S/C21H18N2O2S/c1-2-23-18-13-12-15-8-6-7-11-17(15)20(18)26-21(23)22-19(24)14-25-16-9-4-3-5-10-16/h3-13H,2,14H2,1H3. The predicted molar refractivity (Wildman–Crippen MR) is 106 cm³/mol. The zero-order chi connectivity index (χ0) is 17.9. The van der Waals surface area contributed by atoms with Crippen molar-refractivity contribution in [2.75, 3.05) is 6.61 Å². The maximum atomic E-state index is 12.3. The van der Waals surface area contributed by atoms with E-state index in [4.69, 9.17) is 4.74 Å². The summed E-state index contributed by atoms with van der Waals surface area (Å²) in [7, 11) is 0. The van der Waals surface area contributed by atoms with E-state index in [1.807, 2.05) is 42.5 Å². The fourth-order valence-electron chi connectivity index (χ4n) is 2.99. The highest BCUT2D eigenvalue weighted by Gasteiger charge is 2.10. The highest BCUT2D eigenvalue weighted by atomic mass is 32.1. The van der Waals surface area contributed by atoms with Crippen molar-refractivity contribution in [3.8, 4) is 5.75 Å². The topological polar surface area (TPSA) is 43.6 Å². The third kappa shape index (κ3) is 3.13. The number of aromatic nitrogens is 1. The number of hydrogen-bond donors (Lipinski definition) is 0. The summed E-state index contributed by atoms with van der Waals surface area (Å²) in [6.07, 6.45) is 0. The molecule has 0 N–H and O–H groups in total. The second kappa shape index (κ2) is 7.14. The number of ether oxygens (including phenoxy) is 1. The number of benzene rings is 3. The van der Waals surface area contributed by atoms with Crippen LogP contribution in [0.5, 0.6) is 5.75 Å². The van der Waals surface area contributed by atoms with Gasteiger partial charge >= 0.3 is 0 Å². The summed E-state index contributed by atoms with van der Waals surface area (Å²) in [5.74, 6) is 0.383. The zero-order valence-corrected chi connectivity index (χ0v) is 15.2. The van der Waals surface area contributed by atoms with Crippen molar-refractivity contribution >= 4 is 38.2 Å². The first-order valence-electron chi connectivity index (χ1n) is 8.53. The molecule has 0 aliphatic carbocycles. The van der Waals surface area contributed by atoms with Gasteiger partial charge in [-0.05, 0) is 30.5 Å². The molecule has 0 spiro atoms. The van der Waals surface area contributed by atoms with E-state index in [1.54, 1.807) is 11.3 Å². The van der Waals surface area contributed by atoms with E-state index in [1.165, 1.54) is 10.8 Å². The predicted octanol–water partition coefficient (Wildman–Crippen LogP) is 4.38. The molecule has 5 heteroatoms. The number of aryl methyl sites for hydroxylation is 1. The Morgan fingerprint density at radius 2 is 1.81 bits per heavy atom. The van der Waals surface area contributed by atoms with Gasteiger partial charge in [-0.1, -0.05) is 59.9 Å². The van der Waals surface area contributed by atoms with E-state index in [9.17, 15) is 4.79 Å². The molecule has 3 aromatic carbocycles. The minimum absolute atomic E-state index is 0.0667. The summed E-state index contributed by atoms with van der Waals surface area (Å²) < 4.78 is 8.74. The molecule has 130 valence electrons. The maximum absolute atomic E-state index is 12.3. The van der Waals surface area contributed by atoms with Gasteiger partial charge in [0.2, 0.25) is 0 Å². The molecule has 1 amide bonds. The molecule has 0 atom stereocenters. The molecule has 0 bridgehead atoms. The van der Waals surface area contributed by atoms with Crippen molar-refractivity contribution in [2.24, 2.45) is 4.99 Å². The van der Waals surface area contributed by atoms with Crippen LogP contribution in [0.2, 0.25) is 0 Å². The Morgan fingerprint density at radius 3 is 2.62 bits per heavy atom. The summed E-state index contributed by atoms with van der Waals surface area (Å²) in [5.41, 5.74) is 1.10. The van der Waals surface area contributed by atoms with E-state index in [2.05, 4.69) is 40.7 Å². The summed E-state index contributed by atoms with van der Waals surface area (Å²) in [6.45, 7) is 2.75. The minimum Gasteiger partial charge on any atom is -0.484 e. The highest BCUT2D eigenvalue weighted by molar-refractivity contribution is 7.17. The Kier molecular flexibility index (Phi) is 4.54. The monoisotopic (exact) mass is 362 g/mol. The lowest BCUT2D eigenvalue weighted by atomic mass is 10.1. The Balaban J connectivity index is 1.72. The summed E-state index contributed by atoms with van der Waals surface area (Å²) >= 11 is 1.55. The third-order valence-electron chi connectivity index (χ3n) is 4.22. The molecule has 4 nitrogen and oxygen atoms in total. The molecular formula is C21H18N2O2S. The SMILES string of the molecule is CCn1c(=NC(=O)COc2ccccc2)sc2c3ccccc3ccc21. The average molecular weight is 362 g/mol. The Hall–Kier alpha value is -2.92. The van der Waals surface area contributed by atoms with E-state index < -0.39 is 0 Å². The van der Waals surface area contributed by atoms with Gasteiger partial charge in [-0.15, -0.1) is 0 Å². The van der Waals surface area contributed by atoms with Crippen LogP contribution in [0.25, 0.3) is 21.0 Å². The lowest BCUT2D eigenvalue weighted by Gasteiger charge is -2.03. The molecule has 1 aromatic heterocycles. The van der Waals surface area contributed by atoms with Crippen molar-refractivity contribution < 1.29 is 9.53 Å². The summed E-state index contributed by atoms with van der Waals surface area (Å²) in [6, 6.07) is 21.8. The fraction of sp³-hybridized carbons (Fsp3) is 0.143. The van der Waals surface area contributed by atoms with Gasteiger partial charge < -0.3 is 9.30 Å². The molecule has 0 aliphatic rings. The van der Waals surface area contributed by atoms with Gasteiger partial charge in [-0.25, -0.2) is 0 Å². The van der Waals surface area contributed by atoms with E-state index in [0.717, 1.165) is 16.8 Å². The first kappa shape index (κ1) is 16.5. The van der Waals surface area contributed by atoms with Crippen LogP contribution in [0.15, 0.2) is 71.7 Å². The van der Waals surface area contributed by atoms with Gasteiger partial charge in [0.1, 0.15) is 5.75 Å². The number of thiazole rings is 1. The Bertz CT molecular complexity index is 1140. The van der Waals surface area contributed by atoms with Crippen LogP contribution in [0.4, 0.5) is 0 Å². The summed E-state index contributed by atoms with van der Waals surface area (Å²) in [5, 5.41) is 2.38. The van der Waals surface area contributed by atoms with E-state index in [-0.39, 0.29) is 12.5 Å². The van der Waals surface area contributed by atoms with Gasteiger partial charge in [0.25, 0.3) is 5.91 Å². The molecule has 4 aromatic rings. The van der Waals surface area contributed by atoms with Gasteiger partial charge in [-0.2, -0.15) is 4.99 Å². The number of para-hydroxylation sites is 1. The Morgan fingerprint density at radius 1 is 1.04 bits per heavy atom. The number of fused-ring (bicyclic) bond motifs is 3. The van der Waals surface area contributed by atoms with Crippen molar-refractivity contribution in [1.82, 2.24) is 4.57 Å². The number of amides is 1. The van der Waals surface area contributed by atoms with Crippen LogP contribution in [0.1, 0.15) is 6.92 Å². The molecule has 0 saturated heterocycles. The second-order valence-electron chi connectivity index (χ2n) is 5.87. The van der Waals surface area contributed by atoms with Crippen molar-refractivity contribution in [3.63, 3.8) is 0 Å². The van der Waals surface area contributed by atoms with Crippen molar-refractivity contribution in [2.45, 2.75) is 13.5 Å². The molecule has 0 radical (unpaired) electrons. The molecular weight excluding hydrogens is 344 g/mol. The average Bonchev–Trinajstić information content (AvgIpc) is 3.04. The molecule has 26 heavy (non-hydrogen) atoms. The molecule has 0 saturated carbocycles. The number of carbonyl (C=O) groups excluding carboxylic acids is 1. The van der Waals surface area contributed by atoms with Crippen molar-refractivity contribution in [1.29, 1.82) is 0 Å². The van der Waals surface area contributed by atoms with Crippen LogP contribution in [0.3, 0.4) is 0 Å². The van der Waals surface area contributed by atoms with E-state index >= 15 is 0 Å². The molecule has 4 rings (SSSR count). The largest absolute Gasteiger partial charge is 0.484 e. The molecule has 1 heterocycles. The highest BCUT2D eigenvalue weighted by Crippen LogP contribution is 2.27. The molecule has 0 aliphatic heterocycles. The quantitative estimate of drug-likeness (QED) is 0.541.